The first kappa shape index (κ1) is 20.5. The molecule has 1 unspecified atom stereocenters. The van der Waals surface area contributed by atoms with Crippen LogP contribution in [0.1, 0.15) is 28.9 Å². The number of hydrogen-bond donors (Lipinski definition) is 0. The summed E-state index contributed by atoms with van der Waals surface area (Å²) in [7, 11) is -3.43. The summed E-state index contributed by atoms with van der Waals surface area (Å²) in [5, 5.41) is -0.568. The van der Waals surface area contributed by atoms with Crippen molar-refractivity contribution in [1.82, 2.24) is 9.29 Å². The zero-order valence-electron chi connectivity index (χ0n) is 17.4. The zero-order chi connectivity index (χ0) is 21.4. The van der Waals surface area contributed by atoms with E-state index < -0.39 is 15.3 Å². The summed E-state index contributed by atoms with van der Waals surface area (Å²) in [6, 6.07) is 20.4. The lowest BCUT2D eigenvalue weighted by Gasteiger charge is -2.36. The Hall–Kier alpha value is -2.35. The van der Waals surface area contributed by atoms with Gasteiger partial charge in [0.05, 0.1) is 5.25 Å². The molecule has 0 radical (unpaired) electrons. The molecule has 2 aliphatic heterocycles. The molecule has 0 amide bonds. The fourth-order valence-corrected chi connectivity index (χ4v) is 6.93. The zero-order valence-corrected chi connectivity index (χ0v) is 19.1. The Morgan fingerprint density at radius 2 is 1.65 bits per heavy atom. The number of rotatable bonds is 4. The fraction of sp³-hybridized carbons (Fsp3) is 0.292. The van der Waals surface area contributed by atoms with E-state index in [4.69, 9.17) is 0 Å². The molecular weight excluding hydrogens is 426 g/mol. The predicted molar refractivity (Wildman–Crippen MR) is 125 cm³/mol. The van der Waals surface area contributed by atoms with Crippen LogP contribution in [0, 0.1) is 0 Å². The van der Waals surface area contributed by atoms with Crippen molar-refractivity contribution in [3.05, 3.63) is 83.6 Å². The summed E-state index contributed by atoms with van der Waals surface area (Å²) >= 11 is 1.77. The predicted octanol–water partition coefficient (Wildman–Crippen LogP) is 4.35. The van der Waals surface area contributed by atoms with Crippen LogP contribution >= 0.6 is 11.8 Å². The maximum atomic E-state index is 13.4. The van der Waals surface area contributed by atoms with E-state index in [9.17, 15) is 8.42 Å². The molecule has 1 fully saturated rings. The third-order valence-corrected chi connectivity index (χ3v) is 9.63. The smallest absolute Gasteiger partial charge is 0.221 e. The maximum absolute atomic E-state index is 13.4. The van der Waals surface area contributed by atoms with Gasteiger partial charge in [-0.1, -0.05) is 48.2 Å². The lowest BCUT2D eigenvalue weighted by atomic mass is 10.0. The van der Waals surface area contributed by atoms with Crippen molar-refractivity contribution < 1.29 is 8.42 Å². The number of nitrogens with zero attached hydrogens (tertiary/aromatic N) is 3. The first-order valence-corrected chi connectivity index (χ1v) is 12.9. The third kappa shape index (κ3) is 3.97. The summed E-state index contributed by atoms with van der Waals surface area (Å²) in [5.41, 5.74) is 3.38. The van der Waals surface area contributed by atoms with E-state index in [1.54, 1.807) is 22.3 Å². The second-order valence-electron chi connectivity index (χ2n) is 8.01. The van der Waals surface area contributed by atoms with Gasteiger partial charge < -0.3 is 4.90 Å². The van der Waals surface area contributed by atoms with Crippen LogP contribution in [0.25, 0.3) is 0 Å². The molecule has 5 rings (SSSR count). The summed E-state index contributed by atoms with van der Waals surface area (Å²) < 4.78 is 28.4. The molecule has 3 aromatic rings. The highest BCUT2D eigenvalue weighted by Crippen LogP contribution is 2.41. The average Bonchev–Trinajstić information content (AvgIpc) is 2.82. The Morgan fingerprint density at radius 3 is 2.42 bits per heavy atom. The summed E-state index contributed by atoms with van der Waals surface area (Å²) in [4.78, 5) is 9.03. The van der Waals surface area contributed by atoms with Crippen molar-refractivity contribution in [2.75, 3.05) is 31.1 Å². The van der Waals surface area contributed by atoms with Gasteiger partial charge in [-0.25, -0.2) is 13.4 Å². The van der Waals surface area contributed by atoms with Crippen molar-refractivity contribution in [1.29, 1.82) is 0 Å². The van der Waals surface area contributed by atoms with Crippen LogP contribution in [0.3, 0.4) is 0 Å². The molecule has 1 saturated heterocycles. The molecule has 2 aliphatic rings. The second kappa shape index (κ2) is 8.30. The highest BCUT2D eigenvalue weighted by molar-refractivity contribution is 7.99. The number of aromatic nitrogens is 1. The molecule has 0 N–H and O–H groups in total. The summed E-state index contributed by atoms with van der Waals surface area (Å²) in [5.74, 6) is 0.903. The van der Waals surface area contributed by atoms with E-state index in [-0.39, 0.29) is 0 Å². The number of pyridine rings is 1. The maximum Gasteiger partial charge on any atom is 0.221 e. The third-order valence-electron chi connectivity index (χ3n) is 6.15. The molecule has 31 heavy (non-hydrogen) atoms. The standard InChI is InChI=1S/C24H25N3O2S2/c1-18(19-9-10-23-21(16-19)17-20-6-2-3-7-22(20)30-23)31(28,29)27-14-12-26(13-15-27)24-8-4-5-11-25-24/h2-11,16,18H,12-15,17H2,1H3. The molecule has 0 spiro atoms. The minimum absolute atomic E-state index is 0.484. The Labute approximate surface area is 188 Å². The van der Waals surface area contributed by atoms with E-state index in [2.05, 4.69) is 46.3 Å². The van der Waals surface area contributed by atoms with Crippen molar-refractivity contribution in [2.24, 2.45) is 0 Å². The van der Waals surface area contributed by atoms with Gasteiger partial charge in [0.15, 0.2) is 0 Å². The Kier molecular flexibility index (Phi) is 5.50. The lowest BCUT2D eigenvalue weighted by molar-refractivity contribution is 0.379. The van der Waals surface area contributed by atoms with E-state index in [0.29, 0.717) is 26.2 Å². The van der Waals surface area contributed by atoms with Gasteiger partial charge in [0.2, 0.25) is 10.0 Å². The van der Waals surface area contributed by atoms with E-state index in [1.165, 1.54) is 20.9 Å². The van der Waals surface area contributed by atoms with E-state index >= 15 is 0 Å². The number of sulfonamides is 1. The first-order valence-electron chi connectivity index (χ1n) is 10.6. The Bertz CT molecular complexity index is 1190. The van der Waals surface area contributed by atoms with Gasteiger partial charge in [0.1, 0.15) is 5.82 Å². The number of benzene rings is 2. The quantitative estimate of drug-likeness (QED) is 0.462. The van der Waals surface area contributed by atoms with E-state index in [0.717, 1.165) is 17.8 Å². The van der Waals surface area contributed by atoms with Crippen molar-refractivity contribution in [2.45, 2.75) is 28.4 Å². The summed E-state index contributed by atoms with van der Waals surface area (Å²) in [6.45, 7) is 4.09. The molecule has 2 aromatic carbocycles. The monoisotopic (exact) mass is 451 g/mol. The highest BCUT2D eigenvalue weighted by Gasteiger charge is 2.33. The van der Waals surface area contributed by atoms with Crippen LogP contribution in [0.5, 0.6) is 0 Å². The Balaban J connectivity index is 1.32. The van der Waals surface area contributed by atoms with Gasteiger partial charge in [-0.15, -0.1) is 0 Å². The minimum Gasteiger partial charge on any atom is -0.354 e. The molecule has 0 saturated carbocycles. The largest absolute Gasteiger partial charge is 0.354 e. The molecule has 1 aromatic heterocycles. The van der Waals surface area contributed by atoms with Crippen LogP contribution in [0.2, 0.25) is 0 Å². The molecule has 5 nitrogen and oxygen atoms in total. The van der Waals surface area contributed by atoms with Crippen molar-refractivity contribution in [3.63, 3.8) is 0 Å². The lowest BCUT2D eigenvalue weighted by Crippen LogP contribution is -2.49. The van der Waals surface area contributed by atoms with Gasteiger partial charge in [-0.05, 0) is 54.3 Å². The average molecular weight is 452 g/mol. The van der Waals surface area contributed by atoms with Crippen LogP contribution < -0.4 is 4.90 Å². The molecule has 0 bridgehead atoms. The van der Waals surface area contributed by atoms with Gasteiger partial charge >= 0.3 is 0 Å². The molecule has 1 atom stereocenters. The van der Waals surface area contributed by atoms with Gasteiger partial charge in [0.25, 0.3) is 0 Å². The number of piperazine rings is 1. The second-order valence-corrected chi connectivity index (χ2v) is 11.4. The molecule has 160 valence electrons. The number of anilines is 1. The molecule has 3 heterocycles. The molecule has 0 aliphatic carbocycles. The highest BCUT2D eigenvalue weighted by atomic mass is 32.2. The molecular formula is C24H25N3O2S2. The van der Waals surface area contributed by atoms with Crippen molar-refractivity contribution >= 4 is 27.6 Å². The van der Waals surface area contributed by atoms with E-state index in [1.807, 2.05) is 31.2 Å². The SMILES string of the molecule is CC(c1ccc2c(c1)Cc1ccccc1S2)S(=O)(=O)N1CCN(c2ccccn2)CC1. The van der Waals surface area contributed by atoms with Gasteiger partial charge in [0, 0.05) is 42.2 Å². The number of fused-ring (bicyclic) bond motifs is 2. The Morgan fingerprint density at radius 1 is 0.903 bits per heavy atom. The van der Waals surface area contributed by atoms with Crippen LogP contribution in [-0.2, 0) is 16.4 Å². The van der Waals surface area contributed by atoms with Crippen LogP contribution in [0.4, 0.5) is 5.82 Å². The number of hydrogen-bond acceptors (Lipinski definition) is 5. The van der Waals surface area contributed by atoms with Gasteiger partial charge in [-0.3, -0.25) is 0 Å². The normalized spacial score (nSPS) is 17.6. The topological polar surface area (TPSA) is 53.5 Å². The van der Waals surface area contributed by atoms with Gasteiger partial charge in [-0.2, -0.15) is 4.31 Å². The fourth-order valence-electron chi connectivity index (χ4n) is 4.27. The first-order chi connectivity index (χ1) is 15.0. The van der Waals surface area contributed by atoms with Crippen LogP contribution in [-0.4, -0.2) is 43.9 Å². The summed E-state index contributed by atoms with van der Waals surface area (Å²) in [6.07, 6.45) is 2.62. The van der Waals surface area contributed by atoms with Crippen LogP contribution in [0.15, 0.2) is 76.7 Å². The molecule has 7 heteroatoms. The van der Waals surface area contributed by atoms with Crippen molar-refractivity contribution in [3.8, 4) is 0 Å². The minimum atomic E-state index is -3.43.